The average molecular weight is 654 g/mol. The fourth-order valence-electron chi connectivity index (χ4n) is 5.33. The number of hydrogen-bond acceptors (Lipinski definition) is 10. The highest BCUT2D eigenvalue weighted by Gasteiger charge is 2.46. The van der Waals surface area contributed by atoms with Gasteiger partial charge in [0.15, 0.2) is 9.84 Å². The number of carbonyl (C=O) groups excluding carboxylic acids is 1. The molecule has 1 amide bonds. The van der Waals surface area contributed by atoms with E-state index in [1.54, 1.807) is 6.07 Å². The smallest absolute Gasteiger partial charge is 0.407 e. The molecule has 0 aliphatic carbocycles. The van der Waals surface area contributed by atoms with Crippen molar-refractivity contribution in [3.8, 4) is 5.75 Å². The fraction of sp³-hybridized carbons (Fsp3) is 0.429. The summed E-state index contributed by atoms with van der Waals surface area (Å²) in [6.07, 6.45) is 0.575. The van der Waals surface area contributed by atoms with E-state index in [0.717, 1.165) is 12.5 Å². The number of benzene rings is 2. The molecule has 1 aromatic heterocycles. The summed E-state index contributed by atoms with van der Waals surface area (Å²) in [5, 5.41) is 12.6. The number of para-hydroxylation sites is 1. The molecule has 3 heterocycles. The van der Waals surface area contributed by atoms with Crippen molar-refractivity contribution in [2.75, 3.05) is 39.1 Å². The van der Waals surface area contributed by atoms with Crippen LogP contribution in [0.4, 0.5) is 9.18 Å². The Balaban J connectivity index is 1.09. The van der Waals surface area contributed by atoms with Crippen molar-refractivity contribution in [3.63, 3.8) is 0 Å². The van der Waals surface area contributed by atoms with E-state index in [1.165, 1.54) is 40.7 Å². The van der Waals surface area contributed by atoms with Crippen LogP contribution in [-0.2, 0) is 29.3 Å². The number of ether oxygens (including phenoxy) is 3. The number of nitrogens with one attached hydrogen (secondary N) is 2. The van der Waals surface area contributed by atoms with Gasteiger partial charge in [-0.05, 0) is 43.2 Å². The lowest BCUT2D eigenvalue weighted by molar-refractivity contribution is -0.0325. The van der Waals surface area contributed by atoms with E-state index < -0.39 is 59.9 Å². The zero-order valence-corrected chi connectivity index (χ0v) is 25.3. The maximum atomic E-state index is 14.0. The SMILES string of the molecule is CS(=O)(=O)c1cccc(OCC(O)CNC(=O)O[C@H]2COC3(CCN(S(=O)(=O)c4c[nH]c5c(F)cccc5c4=O)CC3)C2)c1. The van der Waals surface area contributed by atoms with Crippen LogP contribution < -0.4 is 15.5 Å². The van der Waals surface area contributed by atoms with Gasteiger partial charge in [0.25, 0.3) is 0 Å². The maximum Gasteiger partial charge on any atom is 0.407 e. The molecule has 13 nitrogen and oxygen atoms in total. The molecule has 238 valence electrons. The second-order valence-corrected chi connectivity index (χ2v) is 14.8. The Morgan fingerprint density at radius 3 is 2.66 bits per heavy atom. The highest BCUT2D eigenvalue weighted by atomic mass is 32.2. The lowest BCUT2D eigenvalue weighted by atomic mass is 9.89. The summed E-state index contributed by atoms with van der Waals surface area (Å²) in [7, 11) is -7.58. The predicted octanol–water partition coefficient (Wildman–Crippen LogP) is 1.55. The number of carbonyl (C=O) groups is 1. The van der Waals surface area contributed by atoms with Crippen LogP contribution in [0.15, 0.2) is 63.2 Å². The Morgan fingerprint density at radius 2 is 1.93 bits per heavy atom. The minimum atomic E-state index is -4.17. The summed E-state index contributed by atoms with van der Waals surface area (Å²) < 4.78 is 82.0. The van der Waals surface area contributed by atoms with Gasteiger partial charge in [0, 0.05) is 37.3 Å². The number of fused-ring (bicyclic) bond motifs is 1. The molecule has 1 unspecified atom stereocenters. The largest absolute Gasteiger partial charge is 0.491 e. The van der Waals surface area contributed by atoms with Crippen molar-refractivity contribution < 1.29 is 45.3 Å². The Labute approximate surface area is 252 Å². The molecular weight excluding hydrogens is 621 g/mol. The number of aromatic nitrogens is 1. The normalized spacial score (nSPS) is 19.6. The minimum Gasteiger partial charge on any atom is -0.491 e. The molecule has 3 aromatic rings. The van der Waals surface area contributed by atoms with Crippen LogP contribution in [0.25, 0.3) is 10.9 Å². The molecule has 5 rings (SSSR count). The second kappa shape index (κ2) is 12.4. The van der Waals surface area contributed by atoms with Crippen molar-refractivity contribution in [2.45, 2.75) is 46.9 Å². The molecule has 16 heteroatoms. The van der Waals surface area contributed by atoms with E-state index in [0.29, 0.717) is 19.3 Å². The predicted molar refractivity (Wildman–Crippen MR) is 155 cm³/mol. The molecule has 0 saturated carbocycles. The quantitative estimate of drug-likeness (QED) is 0.307. The molecule has 3 N–H and O–H groups in total. The lowest BCUT2D eigenvalue weighted by Gasteiger charge is -2.37. The van der Waals surface area contributed by atoms with Crippen molar-refractivity contribution in [1.29, 1.82) is 0 Å². The van der Waals surface area contributed by atoms with Crippen LogP contribution in [-0.4, -0.2) is 94.2 Å². The van der Waals surface area contributed by atoms with Crippen LogP contribution >= 0.6 is 0 Å². The Kier molecular flexibility index (Phi) is 9.00. The van der Waals surface area contributed by atoms with Gasteiger partial charge in [0.1, 0.15) is 35.3 Å². The number of amides is 1. The third-order valence-corrected chi connectivity index (χ3v) is 10.7. The number of pyridine rings is 1. The second-order valence-electron chi connectivity index (χ2n) is 10.9. The first-order valence-electron chi connectivity index (χ1n) is 13.8. The number of hydrogen-bond donors (Lipinski definition) is 3. The third kappa shape index (κ3) is 6.89. The monoisotopic (exact) mass is 653 g/mol. The Bertz CT molecular complexity index is 1820. The third-order valence-electron chi connectivity index (χ3n) is 7.69. The van der Waals surface area contributed by atoms with E-state index in [-0.39, 0.29) is 54.4 Å². The first kappa shape index (κ1) is 31.8. The van der Waals surface area contributed by atoms with Gasteiger partial charge in [-0.25, -0.2) is 26.0 Å². The molecule has 1 spiro atoms. The van der Waals surface area contributed by atoms with Gasteiger partial charge in [-0.3, -0.25) is 4.79 Å². The standard InChI is InChI=1S/C28H32FN3O10S2/c1-43(36,37)21-5-2-4-19(12-21)40-16-18(33)14-31-27(35)42-20-13-28(41-17-20)8-10-32(11-9-28)44(38,39)24-15-30-25-22(26(24)34)6-3-7-23(25)29/h2-7,12,15,18,20,33H,8-11,13-14,16-17H2,1H3,(H,30,34)(H,31,35)/t18?,20-/m1/s1. The maximum absolute atomic E-state index is 14.0. The molecule has 0 radical (unpaired) electrons. The number of sulfone groups is 1. The highest BCUT2D eigenvalue weighted by molar-refractivity contribution is 7.90. The number of sulfonamides is 1. The van der Waals surface area contributed by atoms with Gasteiger partial charge in [0.2, 0.25) is 15.5 Å². The van der Waals surface area contributed by atoms with Crippen molar-refractivity contribution in [1.82, 2.24) is 14.6 Å². The molecule has 2 aromatic carbocycles. The molecule has 2 aliphatic heterocycles. The Hall–Kier alpha value is -3.57. The molecule has 0 bridgehead atoms. The molecule has 2 saturated heterocycles. The van der Waals surface area contributed by atoms with Crippen LogP contribution in [0.2, 0.25) is 0 Å². The van der Waals surface area contributed by atoms with E-state index in [4.69, 9.17) is 14.2 Å². The Morgan fingerprint density at radius 1 is 1.20 bits per heavy atom. The summed E-state index contributed by atoms with van der Waals surface area (Å²) in [5.41, 5.74) is -1.56. The van der Waals surface area contributed by atoms with Crippen LogP contribution in [0.1, 0.15) is 19.3 Å². The van der Waals surface area contributed by atoms with E-state index in [2.05, 4.69) is 10.3 Å². The molecule has 2 fully saturated rings. The van der Waals surface area contributed by atoms with Gasteiger partial charge in [-0.1, -0.05) is 12.1 Å². The first-order chi connectivity index (χ1) is 20.8. The van der Waals surface area contributed by atoms with E-state index >= 15 is 0 Å². The molecular formula is C28H32FN3O10S2. The number of piperidine rings is 1. The van der Waals surface area contributed by atoms with Gasteiger partial charge in [-0.15, -0.1) is 0 Å². The van der Waals surface area contributed by atoms with Crippen molar-refractivity contribution in [3.05, 3.63) is 64.7 Å². The summed E-state index contributed by atoms with van der Waals surface area (Å²) in [5.74, 6) is -0.409. The number of H-pyrrole nitrogens is 1. The molecule has 2 aliphatic rings. The highest BCUT2D eigenvalue weighted by Crippen LogP contribution is 2.38. The van der Waals surface area contributed by atoms with Crippen LogP contribution in [0, 0.1) is 5.82 Å². The van der Waals surface area contributed by atoms with Gasteiger partial charge < -0.3 is 29.6 Å². The number of aliphatic hydroxyl groups excluding tert-OH is 1. The number of nitrogens with zero attached hydrogens (tertiary/aromatic N) is 1. The van der Waals surface area contributed by atoms with Crippen molar-refractivity contribution in [2.24, 2.45) is 0 Å². The number of aromatic amines is 1. The number of aliphatic hydroxyl groups is 1. The molecule has 44 heavy (non-hydrogen) atoms. The fourth-order valence-corrected chi connectivity index (χ4v) is 7.48. The van der Waals surface area contributed by atoms with Gasteiger partial charge in [0.05, 0.1) is 29.2 Å². The average Bonchev–Trinajstić information content (AvgIpc) is 3.36. The summed E-state index contributed by atoms with van der Waals surface area (Å²) in [6.45, 7) is -0.137. The van der Waals surface area contributed by atoms with Crippen LogP contribution in [0.3, 0.4) is 0 Å². The number of halogens is 1. The number of rotatable bonds is 9. The van der Waals surface area contributed by atoms with E-state index in [1.807, 2.05) is 0 Å². The van der Waals surface area contributed by atoms with E-state index in [9.17, 15) is 35.9 Å². The van der Waals surface area contributed by atoms with Crippen molar-refractivity contribution >= 4 is 36.9 Å². The lowest BCUT2D eigenvalue weighted by Crippen LogP contribution is -2.47. The zero-order chi connectivity index (χ0) is 31.7. The zero-order valence-electron chi connectivity index (χ0n) is 23.7. The molecule has 2 atom stereocenters. The van der Waals surface area contributed by atoms with Crippen LogP contribution in [0.5, 0.6) is 5.75 Å². The number of alkyl carbamates (subject to hydrolysis) is 1. The summed E-state index contributed by atoms with van der Waals surface area (Å²) in [4.78, 5) is 27.4. The van der Waals surface area contributed by atoms with Gasteiger partial charge >= 0.3 is 6.09 Å². The van der Waals surface area contributed by atoms with Gasteiger partial charge in [-0.2, -0.15) is 4.31 Å². The minimum absolute atomic E-state index is 0.0589. The summed E-state index contributed by atoms with van der Waals surface area (Å²) in [6, 6.07) is 9.70. The topological polar surface area (TPSA) is 181 Å². The first-order valence-corrected chi connectivity index (χ1v) is 17.1. The summed E-state index contributed by atoms with van der Waals surface area (Å²) >= 11 is 0.